The Morgan fingerprint density at radius 1 is 0.857 bits per heavy atom. The molecule has 1 fully saturated rings. The van der Waals surface area contributed by atoms with Crippen LogP contribution in [0.15, 0.2) is 65.2 Å². The van der Waals surface area contributed by atoms with Crippen LogP contribution in [-0.2, 0) is 6.42 Å². The molecule has 1 aliphatic rings. The fraction of sp³-hybridized carbons (Fsp3) is 0.375. The standard InChI is InChI=1S/C24H29N3O/c1-19-23(20(2)28-25-19)13-14-26-15-17-27(18-16-26)24(21-9-5-3-6-10-21)22-11-7-4-8-12-22/h3-12,24H,13-18H2,1-2H3. The Morgan fingerprint density at radius 2 is 1.43 bits per heavy atom. The number of benzene rings is 2. The summed E-state index contributed by atoms with van der Waals surface area (Å²) in [5, 5.41) is 4.08. The molecule has 0 spiro atoms. The maximum Gasteiger partial charge on any atom is 0.137 e. The van der Waals surface area contributed by atoms with E-state index in [0.717, 1.165) is 50.6 Å². The van der Waals surface area contributed by atoms with Gasteiger partial charge in [-0.25, -0.2) is 0 Å². The van der Waals surface area contributed by atoms with E-state index in [1.807, 2.05) is 13.8 Å². The molecule has 0 saturated carbocycles. The van der Waals surface area contributed by atoms with E-state index >= 15 is 0 Å². The first-order valence-electron chi connectivity index (χ1n) is 10.2. The summed E-state index contributed by atoms with van der Waals surface area (Å²) in [5.74, 6) is 0.962. The number of piperazine rings is 1. The van der Waals surface area contributed by atoms with Gasteiger partial charge in [-0.2, -0.15) is 0 Å². The van der Waals surface area contributed by atoms with Crippen LogP contribution in [0, 0.1) is 13.8 Å². The van der Waals surface area contributed by atoms with E-state index in [9.17, 15) is 0 Å². The molecule has 3 aromatic rings. The lowest BCUT2D eigenvalue weighted by Crippen LogP contribution is -2.48. The Balaban J connectivity index is 1.42. The summed E-state index contributed by atoms with van der Waals surface area (Å²) in [7, 11) is 0. The van der Waals surface area contributed by atoms with Gasteiger partial charge in [0.1, 0.15) is 5.76 Å². The van der Waals surface area contributed by atoms with Gasteiger partial charge in [0.25, 0.3) is 0 Å². The summed E-state index contributed by atoms with van der Waals surface area (Å²) in [4.78, 5) is 5.19. The molecule has 0 atom stereocenters. The lowest BCUT2D eigenvalue weighted by Gasteiger charge is -2.39. The summed E-state index contributed by atoms with van der Waals surface area (Å²) in [6, 6.07) is 22.1. The molecule has 4 heteroatoms. The number of hydrogen-bond donors (Lipinski definition) is 0. The molecular formula is C24H29N3O. The van der Waals surface area contributed by atoms with Crippen molar-refractivity contribution >= 4 is 0 Å². The molecule has 0 N–H and O–H groups in total. The van der Waals surface area contributed by atoms with Crippen molar-refractivity contribution < 1.29 is 4.52 Å². The summed E-state index contributed by atoms with van der Waals surface area (Å²) in [5.41, 5.74) is 5.05. The van der Waals surface area contributed by atoms with E-state index in [1.165, 1.54) is 16.7 Å². The van der Waals surface area contributed by atoms with Crippen LogP contribution in [-0.4, -0.2) is 47.7 Å². The average molecular weight is 376 g/mol. The van der Waals surface area contributed by atoms with E-state index in [1.54, 1.807) is 0 Å². The molecule has 28 heavy (non-hydrogen) atoms. The fourth-order valence-electron chi connectivity index (χ4n) is 4.26. The van der Waals surface area contributed by atoms with Gasteiger partial charge >= 0.3 is 0 Å². The summed E-state index contributed by atoms with van der Waals surface area (Å²) in [6.45, 7) is 9.47. The molecule has 2 aromatic carbocycles. The summed E-state index contributed by atoms with van der Waals surface area (Å²) >= 11 is 0. The van der Waals surface area contributed by atoms with Gasteiger partial charge in [0.15, 0.2) is 0 Å². The molecule has 1 aromatic heterocycles. The zero-order valence-corrected chi connectivity index (χ0v) is 16.8. The Labute approximate surface area is 167 Å². The van der Waals surface area contributed by atoms with Crippen molar-refractivity contribution in [3.05, 3.63) is 88.8 Å². The van der Waals surface area contributed by atoms with Gasteiger partial charge in [0.05, 0.1) is 11.7 Å². The van der Waals surface area contributed by atoms with E-state index in [-0.39, 0.29) is 0 Å². The summed E-state index contributed by atoms with van der Waals surface area (Å²) in [6.07, 6.45) is 1.02. The van der Waals surface area contributed by atoms with Crippen LogP contribution in [0.3, 0.4) is 0 Å². The minimum absolute atomic E-state index is 0.326. The first-order valence-corrected chi connectivity index (χ1v) is 10.2. The smallest absolute Gasteiger partial charge is 0.137 e. The molecule has 4 nitrogen and oxygen atoms in total. The van der Waals surface area contributed by atoms with Crippen LogP contribution in [0.4, 0.5) is 0 Å². The summed E-state index contributed by atoms with van der Waals surface area (Å²) < 4.78 is 5.30. The number of hydrogen-bond acceptors (Lipinski definition) is 4. The molecule has 0 amide bonds. The zero-order chi connectivity index (χ0) is 19.3. The predicted octanol–water partition coefficient (Wildman–Crippen LogP) is 4.24. The quantitative estimate of drug-likeness (QED) is 0.645. The van der Waals surface area contributed by atoms with Crippen LogP contribution in [0.1, 0.15) is 34.2 Å². The molecule has 1 saturated heterocycles. The Kier molecular flexibility index (Phi) is 5.89. The second-order valence-corrected chi connectivity index (χ2v) is 7.65. The maximum absolute atomic E-state index is 5.30. The van der Waals surface area contributed by atoms with Crippen molar-refractivity contribution in [2.75, 3.05) is 32.7 Å². The third-order valence-electron chi connectivity index (χ3n) is 5.86. The third kappa shape index (κ3) is 4.18. The van der Waals surface area contributed by atoms with Crippen molar-refractivity contribution in [2.45, 2.75) is 26.3 Å². The second-order valence-electron chi connectivity index (χ2n) is 7.65. The van der Waals surface area contributed by atoms with Crippen molar-refractivity contribution in [1.82, 2.24) is 15.0 Å². The highest BCUT2D eigenvalue weighted by atomic mass is 16.5. The van der Waals surface area contributed by atoms with Crippen molar-refractivity contribution in [3.8, 4) is 0 Å². The van der Waals surface area contributed by atoms with Crippen LogP contribution in [0.5, 0.6) is 0 Å². The monoisotopic (exact) mass is 375 g/mol. The van der Waals surface area contributed by atoms with Gasteiger partial charge in [0, 0.05) is 38.3 Å². The highest BCUT2D eigenvalue weighted by Gasteiger charge is 2.26. The van der Waals surface area contributed by atoms with E-state index in [0.29, 0.717) is 6.04 Å². The number of aryl methyl sites for hydroxylation is 2. The SMILES string of the molecule is Cc1noc(C)c1CCN1CCN(C(c2ccccc2)c2ccccc2)CC1. The molecule has 0 radical (unpaired) electrons. The minimum Gasteiger partial charge on any atom is -0.361 e. The average Bonchev–Trinajstić information content (AvgIpc) is 3.07. The van der Waals surface area contributed by atoms with Crippen LogP contribution in [0.25, 0.3) is 0 Å². The Bertz CT molecular complexity index is 808. The Morgan fingerprint density at radius 3 is 1.93 bits per heavy atom. The number of nitrogens with zero attached hydrogens (tertiary/aromatic N) is 3. The molecule has 2 heterocycles. The molecular weight excluding hydrogens is 346 g/mol. The van der Waals surface area contributed by atoms with Crippen LogP contribution < -0.4 is 0 Å². The molecule has 1 aliphatic heterocycles. The van der Waals surface area contributed by atoms with Gasteiger partial charge in [0.2, 0.25) is 0 Å². The molecule has 4 rings (SSSR count). The van der Waals surface area contributed by atoms with E-state index in [4.69, 9.17) is 4.52 Å². The molecule has 0 aliphatic carbocycles. The van der Waals surface area contributed by atoms with Crippen molar-refractivity contribution in [2.24, 2.45) is 0 Å². The van der Waals surface area contributed by atoms with Crippen molar-refractivity contribution in [3.63, 3.8) is 0 Å². The zero-order valence-electron chi connectivity index (χ0n) is 16.8. The van der Waals surface area contributed by atoms with E-state index in [2.05, 4.69) is 75.6 Å². The Hall–Kier alpha value is -2.43. The minimum atomic E-state index is 0.326. The first kappa shape index (κ1) is 18.9. The third-order valence-corrected chi connectivity index (χ3v) is 5.86. The topological polar surface area (TPSA) is 32.5 Å². The lowest BCUT2D eigenvalue weighted by atomic mass is 9.96. The van der Waals surface area contributed by atoms with Gasteiger partial charge in [-0.15, -0.1) is 0 Å². The lowest BCUT2D eigenvalue weighted by molar-refractivity contribution is 0.110. The van der Waals surface area contributed by atoms with Gasteiger partial charge < -0.3 is 9.42 Å². The van der Waals surface area contributed by atoms with Gasteiger partial charge in [-0.1, -0.05) is 65.8 Å². The van der Waals surface area contributed by atoms with Gasteiger partial charge in [-0.3, -0.25) is 4.90 Å². The highest BCUT2D eigenvalue weighted by molar-refractivity contribution is 5.32. The highest BCUT2D eigenvalue weighted by Crippen LogP contribution is 2.29. The normalized spacial score (nSPS) is 16.0. The van der Waals surface area contributed by atoms with E-state index < -0.39 is 0 Å². The van der Waals surface area contributed by atoms with Crippen molar-refractivity contribution in [1.29, 1.82) is 0 Å². The molecule has 0 unspecified atom stereocenters. The molecule has 0 bridgehead atoms. The van der Waals surface area contributed by atoms with Gasteiger partial charge in [-0.05, 0) is 31.4 Å². The number of rotatable bonds is 6. The maximum atomic E-state index is 5.30. The van der Waals surface area contributed by atoms with Crippen LogP contribution >= 0.6 is 0 Å². The first-order chi connectivity index (χ1) is 13.7. The fourth-order valence-corrected chi connectivity index (χ4v) is 4.26. The second kappa shape index (κ2) is 8.72. The molecule has 146 valence electrons. The number of aromatic nitrogens is 1. The largest absolute Gasteiger partial charge is 0.361 e. The predicted molar refractivity (Wildman–Crippen MR) is 112 cm³/mol. The van der Waals surface area contributed by atoms with Crippen LogP contribution in [0.2, 0.25) is 0 Å².